The highest BCUT2D eigenvalue weighted by Gasteiger charge is 2.35. The number of hydrogen-bond donors (Lipinski definition) is 1. The summed E-state index contributed by atoms with van der Waals surface area (Å²) < 4.78 is 0. The van der Waals surface area contributed by atoms with Gasteiger partial charge in [0.1, 0.15) is 6.04 Å². The van der Waals surface area contributed by atoms with Crippen LogP contribution in [0.1, 0.15) is 36.4 Å². The normalized spacial score (nSPS) is 21.0. The summed E-state index contributed by atoms with van der Waals surface area (Å²) >= 11 is 1.64. The molecule has 1 saturated heterocycles. The lowest BCUT2D eigenvalue weighted by molar-refractivity contribution is -0.145. The van der Waals surface area contributed by atoms with Crippen molar-refractivity contribution in [2.24, 2.45) is 0 Å². The first-order chi connectivity index (χ1) is 10.3. The molecule has 0 amide bonds. The Morgan fingerprint density at radius 3 is 2.95 bits per heavy atom. The standard InChI is InChI=1S/C16H18N2O2S/c19-16(20)14-5-1-2-8-18(14)15(13-6-9-21-11-13)12-4-3-7-17-10-12/h3-4,6-7,9-11,14-15H,1-2,5,8H2,(H,19,20). The van der Waals surface area contributed by atoms with Gasteiger partial charge in [-0.25, -0.2) is 0 Å². The Morgan fingerprint density at radius 1 is 1.38 bits per heavy atom. The van der Waals surface area contributed by atoms with Crippen LogP contribution in [0, 0.1) is 0 Å². The molecule has 21 heavy (non-hydrogen) atoms. The summed E-state index contributed by atoms with van der Waals surface area (Å²) in [6.45, 7) is 0.812. The number of thiophene rings is 1. The van der Waals surface area contributed by atoms with E-state index >= 15 is 0 Å². The van der Waals surface area contributed by atoms with E-state index in [-0.39, 0.29) is 6.04 Å². The molecular formula is C16H18N2O2S. The predicted octanol–water partition coefficient (Wildman–Crippen LogP) is 3.17. The zero-order valence-corrected chi connectivity index (χ0v) is 12.5. The Kier molecular flexibility index (Phi) is 4.31. The van der Waals surface area contributed by atoms with Gasteiger partial charge in [0.15, 0.2) is 0 Å². The lowest BCUT2D eigenvalue weighted by Crippen LogP contribution is -2.46. The van der Waals surface area contributed by atoms with E-state index in [1.54, 1.807) is 17.5 Å². The lowest BCUT2D eigenvalue weighted by Gasteiger charge is -2.39. The van der Waals surface area contributed by atoms with E-state index in [0.29, 0.717) is 0 Å². The summed E-state index contributed by atoms with van der Waals surface area (Å²) in [5.41, 5.74) is 2.21. The number of hydrogen-bond acceptors (Lipinski definition) is 4. The molecule has 2 unspecified atom stereocenters. The number of carbonyl (C=O) groups is 1. The van der Waals surface area contributed by atoms with Crippen molar-refractivity contribution in [2.75, 3.05) is 6.54 Å². The first-order valence-corrected chi connectivity index (χ1v) is 8.12. The van der Waals surface area contributed by atoms with E-state index in [1.807, 2.05) is 23.7 Å². The molecule has 4 nitrogen and oxygen atoms in total. The molecule has 3 heterocycles. The van der Waals surface area contributed by atoms with Crippen LogP contribution in [0.2, 0.25) is 0 Å². The largest absolute Gasteiger partial charge is 0.480 e. The van der Waals surface area contributed by atoms with Crippen LogP contribution in [-0.2, 0) is 4.79 Å². The van der Waals surface area contributed by atoms with E-state index in [2.05, 4.69) is 21.3 Å². The minimum Gasteiger partial charge on any atom is -0.480 e. The molecule has 1 N–H and O–H groups in total. The molecule has 1 aliphatic heterocycles. The van der Waals surface area contributed by atoms with Crippen LogP contribution in [-0.4, -0.2) is 33.5 Å². The highest BCUT2D eigenvalue weighted by molar-refractivity contribution is 7.08. The van der Waals surface area contributed by atoms with Crippen LogP contribution in [0.5, 0.6) is 0 Å². The third kappa shape index (κ3) is 2.99. The number of rotatable bonds is 4. The molecular weight excluding hydrogens is 284 g/mol. The fourth-order valence-electron chi connectivity index (χ4n) is 3.07. The molecule has 0 bridgehead atoms. The maximum atomic E-state index is 11.6. The number of likely N-dealkylation sites (tertiary alicyclic amines) is 1. The van der Waals surface area contributed by atoms with Gasteiger partial charge in [-0.2, -0.15) is 11.3 Å². The van der Waals surface area contributed by atoms with Gasteiger partial charge in [0.05, 0.1) is 6.04 Å². The van der Waals surface area contributed by atoms with Crippen molar-refractivity contribution < 1.29 is 9.90 Å². The number of nitrogens with zero attached hydrogens (tertiary/aromatic N) is 2. The zero-order chi connectivity index (χ0) is 14.7. The quantitative estimate of drug-likeness (QED) is 0.942. The third-order valence-corrected chi connectivity index (χ3v) is 4.72. The van der Waals surface area contributed by atoms with Crippen LogP contribution < -0.4 is 0 Å². The van der Waals surface area contributed by atoms with Crippen LogP contribution in [0.15, 0.2) is 41.4 Å². The van der Waals surface area contributed by atoms with Crippen LogP contribution in [0.25, 0.3) is 0 Å². The van der Waals surface area contributed by atoms with Gasteiger partial charge in [-0.1, -0.05) is 12.5 Å². The molecule has 3 rings (SSSR count). The van der Waals surface area contributed by atoms with Gasteiger partial charge in [-0.15, -0.1) is 0 Å². The number of carboxylic acids is 1. The van der Waals surface area contributed by atoms with Crippen LogP contribution >= 0.6 is 11.3 Å². The molecule has 2 aromatic rings. The highest BCUT2D eigenvalue weighted by Crippen LogP contribution is 2.34. The number of aliphatic carboxylic acids is 1. The zero-order valence-electron chi connectivity index (χ0n) is 11.7. The number of pyridine rings is 1. The maximum absolute atomic E-state index is 11.6. The smallest absolute Gasteiger partial charge is 0.320 e. The van der Waals surface area contributed by atoms with Crippen LogP contribution in [0.4, 0.5) is 0 Å². The second-order valence-corrected chi connectivity index (χ2v) is 6.11. The molecule has 1 aliphatic rings. The number of carboxylic acid groups (broad SMARTS) is 1. The second-order valence-electron chi connectivity index (χ2n) is 5.33. The Morgan fingerprint density at radius 2 is 2.29 bits per heavy atom. The third-order valence-electron chi connectivity index (χ3n) is 4.02. The Labute approximate surface area is 128 Å². The van der Waals surface area contributed by atoms with Crippen LogP contribution in [0.3, 0.4) is 0 Å². The summed E-state index contributed by atoms with van der Waals surface area (Å²) in [5, 5.41) is 13.7. The van der Waals surface area contributed by atoms with Gasteiger partial charge in [-0.05, 0) is 53.4 Å². The van der Waals surface area contributed by atoms with Gasteiger partial charge in [-0.3, -0.25) is 14.7 Å². The molecule has 2 aromatic heterocycles. The van der Waals surface area contributed by atoms with Gasteiger partial charge >= 0.3 is 5.97 Å². The molecule has 0 radical (unpaired) electrons. The molecule has 0 aromatic carbocycles. The summed E-state index contributed by atoms with van der Waals surface area (Å²) in [4.78, 5) is 17.9. The highest BCUT2D eigenvalue weighted by atomic mass is 32.1. The fraction of sp³-hybridized carbons (Fsp3) is 0.375. The molecule has 0 aliphatic carbocycles. The van der Waals surface area contributed by atoms with Crippen molar-refractivity contribution in [2.45, 2.75) is 31.3 Å². The van der Waals surface area contributed by atoms with E-state index < -0.39 is 12.0 Å². The average molecular weight is 302 g/mol. The fourth-order valence-corrected chi connectivity index (χ4v) is 3.75. The molecule has 0 spiro atoms. The topological polar surface area (TPSA) is 53.4 Å². The van der Waals surface area contributed by atoms with E-state index in [9.17, 15) is 9.90 Å². The molecule has 1 fully saturated rings. The van der Waals surface area contributed by atoms with E-state index in [1.165, 1.54) is 0 Å². The van der Waals surface area contributed by atoms with Crippen molar-refractivity contribution in [3.05, 3.63) is 52.5 Å². The first kappa shape index (κ1) is 14.2. The minimum absolute atomic E-state index is 0.0219. The Bertz CT molecular complexity index is 586. The van der Waals surface area contributed by atoms with Crippen molar-refractivity contribution in [1.29, 1.82) is 0 Å². The SMILES string of the molecule is O=C(O)C1CCCCN1C(c1cccnc1)c1ccsc1. The van der Waals surface area contributed by atoms with Gasteiger partial charge in [0, 0.05) is 12.4 Å². The Balaban J connectivity index is 2.00. The summed E-state index contributed by atoms with van der Waals surface area (Å²) in [6, 6.07) is 5.59. The van der Waals surface area contributed by atoms with E-state index in [4.69, 9.17) is 0 Å². The molecule has 5 heteroatoms. The summed E-state index contributed by atoms with van der Waals surface area (Å²) in [6.07, 6.45) is 6.34. The van der Waals surface area contributed by atoms with Crippen molar-refractivity contribution in [1.82, 2.24) is 9.88 Å². The summed E-state index contributed by atoms with van der Waals surface area (Å²) in [5.74, 6) is -0.723. The second kappa shape index (κ2) is 6.37. The molecule has 110 valence electrons. The van der Waals surface area contributed by atoms with Gasteiger partial charge in [0.2, 0.25) is 0 Å². The monoisotopic (exact) mass is 302 g/mol. The van der Waals surface area contributed by atoms with Crippen molar-refractivity contribution >= 4 is 17.3 Å². The Hall–Kier alpha value is -1.72. The molecule has 0 saturated carbocycles. The number of piperidine rings is 1. The number of aromatic nitrogens is 1. The first-order valence-electron chi connectivity index (χ1n) is 7.18. The molecule has 2 atom stereocenters. The minimum atomic E-state index is -0.723. The van der Waals surface area contributed by atoms with Gasteiger partial charge in [0.25, 0.3) is 0 Å². The van der Waals surface area contributed by atoms with Crippen molar-refractivity contribution in [3.63, 3.8) is 0 Å². The van der Waals surface area contributed by atoms with E-state index in [0.717, 1.165) is 36.9 Å². The van der Waals surface area contributed by atoms with Crippen molar-refractivity contribution in [3.8, 4) is 0 Å². The lowest BCUT2D eigenvalue weighted by atomic mass is 9.94. The maximum Gasteiger partial charge on any atom is 0.320 e. The average Bonchev–Trinajstić information content (AvgIpc) is 3.03. The predicted molar refractivity (Wildman–Crippen MR) is 82.4 cm³/mol. The van der Waals surface area contributed by atoms with Gasteiger partial charge < -0.3 is 5.11 Å². The summed E-state index contributed by atoms with van der Waals surface area (Å²) in [7, 11) is 0.